The van der Waals surface area contributed by atoms with Gasteiger partial charge in [0.05, 0.1) is 11.8 Å². The van der Waals surface area contributed by atoms with E-state index in [-0.39, 0.29) is 5.56 Å². The average molecular weight is 270 g/mol. The van der Waals surface area contributed by atoms with Crippen LogP contribution in [0.25, 0.3) is 11.3 Å². The third-order valence-corrected chi connectivity index (χ3v) is 3.23. The van der Waals surface area contributed by atoms with Gasteiger partial charge in [0.1, 0.15) is 11.6 Å². The Bertz CT molecular complexity index is 660. The SMILES string of the molecule is CCCc1nc(-c2cccc(OC3CC3)c2)cc(=O)[nH]1. The minimum absolute atomic E-state index is 0.105. The van der Waals surface area contributed by atoms with Crippen molar-refractivity contribution in [3.8, 4) is 17.0 Å². The molecule has 1 fully saturated rings. The maximum absolute atomic E-state index is 11.7. The van der Waals surface area contributed by atoms with E-state index in [1.807, 2.05) is 24.3 Å². The summed E-state index contributed by atoms with van der Waals surface area (Å²) in [6.45, 7) is 2.07. The first-order valence-corrected chi connectivity index (χ1v) is 7.12. The molecule has 1 aromatic heterocycles. The maximum Gasteiger partial charge on any atom is 0.251 e. The van der Waals surface area contributed by atoms with E-state index in [9.17, 15) is 4.79 Å². The van der Waals surface area contributed by atoms with Crippen LogP contribution in [0.3, 0.4) is 0 Å². The highest BCUT2D eigenvalue weighted by molar-refractivity contribution is 5.60. The summed E-state index contributed by atoms with van der Waals surface area (Å²) in [6.07, 6.45) is 4.37. The lowest BCUT2D eigenvalue weighted by Gasteiger charge is -2.07. The number of aryl methyl sites for hydroxylation is 1. The molecule has 4 nitrogen and oxygen atoms in total. The maximum atomic E-state index is 11.7. The number of ether oxygens (including phenoxy) is 1. The molecular weight excluding hydrogens is 252 g/mol. The van der Waals surface area contributed by atoms with Gasteiger partial charge in [-0.3, -0.25) is 4.79 Å². The zero-order valence-electron chi connectivity index (χ0n) is 11.6. The molecule has 0 unspecified atom stereocenters. The number of hydrogen-bond donors (Lipinski definition) is 1. The van der Waals surface area contributed by atoms with Gasteiger partial charge in [0.25, 0.3) is 5.56 Å². The molecule has 0 radical (unpaired) electrons. The van der Waals surface area contributed by atoms with Crippen molar-refractivity contribution in [2.45, 2.75) is 38.7 Å². The minimum atomic E-state index is -0.105. The number of benzene rings is 1. The van der Waals surface area contributed by atoms with Crippen LogP contribution < -0.4 is 10.3 Å². The van der Waals surface area contributed by atoms with E-state index >= 15 is 0 Å². The molecule has 0 atom stereocenters. The molecule has 4 heteroatoms. The summed E-state index contributed by atoms with van der Waals surface area (Å²) in [4.78, 5) is 19.0. The van der Waals surface area contributed by atoms with Crippen molar-refractivity contribution in [1.82, 2.24) is 9.97 Å². The van der Waals surface area contributed by atoms with E-state index in [4.69, 9.17) is 4.74 Å². The van der Waals surface area contributed by atoms with Crippen LogP contribution in [-0.2, 0) is 6.42 Å². The van der Waals surface area contributed by atoms with Crippen LogP contribution in [0.4, 0.5) is 0 Å². The second-order valence-corrected chi connectivity index (χ2v) is 5.17. The summed E-state index contributed by atoms with van der Waals surface area (Å²) in [5.74, 6) is 1.59. The number of hydrogen-bond acceptors (Lipinski definition) is 3. The third kappa shape index (κ3) is 3.07. The van der Waals surface area contributed by atoms with E-state index in [1.165, 1.54) is 6.07 Å². The molecule has 1 saturated carbocycles. The largest absolute Gasteiger partial charge is 0.490 e. The van der Waals surface area contributed by atoms with Gasteiger partial charge in [-0.05, 0) is 31.4 Å². The molecule has 0 saturated heterocycles. The molecule has 1 aromatic carbocycles. The van der Waals surface area contributed by atoms with Gasteiger partial charge in [-0.15, -0.1) is 0 Å². The van der Waals surface area contributed by atoms with Gasteiger partial charge in [-0.25, -0.2) is 4.98 Å². The Kier molecular flexibility index (Phi) is 3.54. The fourth-order valence-electron chi connectivity index (χ4n) is 2.12. The Labute approximate surface area is 117 Å². The number of nitrogens with one attached hydrogen (secondary N) is 1. The van der Waals surface area contributed by atoms with Crippen LogP contribution >= 0.6 is 0 Å². The summed E-state index contributed by atoms with van der Waals surface area (Å²) < 4.78 is 5.78. The fraction of sp³-hybridized carbons (Fsp3) is 0.375. The quantitative estimate of drug-likeness (QED) is 0.908. The predicted molar refractivity (Wildman–Crippen MR) is 77.9 cm³/mol. The second kappa shape index (κ2) is 5.49. The topological polar surface area (TPSA) is 55.0 Å². The van der Waals surface area contributed by atoms with Crippen molar-refractivity contribution in [1.29, 1.82) is 0 Å². The van der Waals surface area contributed by atoms with Gasteiger partial charge in [0.15, 0.2) is 0 Å². The lowest BCUT2D eigenvalue weighted by Crippen LogP contribution is -2.11. The Hall–Kier alpha value is -2.10. The van der Waals surface area contributed by atoms with E-state index in [0.717, 1.165) is 42.8 Å². The van der Waals surface area contributed by atoms with Crippen LogP contribution in [0.1, 0.15) is 32.0 Å². The molecule has 3 rings (SSSR count). The van der Waals surface area contributed by atoms with Crippen LogP contribution in [-0.4, -0.2) is 16.1 Å². The monoisotopic (exact) mass is 270 g/mol. The fourth-order valence-corrected chi connectivity index (χ4v) is 2.12. The number of aromatic amines is 1. The molecule has 2 aromatic rings. The molecule has 0 aliphatic heterocycles. The van der Waals surface area contributed by atoms with E-state index in [0.29, 0.717) is 11.8 Å². The molecule has 1 heterocycles. The lowest BCUT2D eigenvalue weighted by molar-refractivity contribution is 0.303. The van der Waals surface area contributed by atoms with Crippen molar-refractivity contribution in [3.63, 3.8) is 0 Å². The standard InChI is InChI=1S/C16H18N2O2/c1-2-4-15-17-14(10-16(19)18-15)11-5-3-6-13(9-11)20-12-7-8-12/h3,5-6,9-10,12H,2,4,7-8H2,1H3,(H,17,18,19). The van der Waals surface area contributed by atoms with Gasteiger partial charge < -0.3 is 9.72 Å². The van der Waals surface area contributed by atoms with Gasteiger partial charge in [0, 0.05) is 18.1 Å². The van der Waals surface area contributed by atoms with Crippen molar-refractivity contribution < 1.29 is 4.74 Å². The second-order valence-electron chi connectivity index (χ2n) is 5.17. The summed E-state index contributed by atoms with van der Waals surface area (Å²) in [7, 11) is 0. The molecule has 0 amide bonds. The van der Waals surface area contributed by atoms with Crippen molar-refractivity contribution in [3.05, 3.63) is 46.5 Å². The molecular formula is C16H18N2O2. The van der Waals surface area contributed by atoms with Crippen molar-refractivity contribution in [2.24, 2.45) is 0 Å². The van der Waals surface area contributed by atoms with Crippen LogP contribution in [0.15, 0.2) is 35.1 Å². The Morgan fingerprint density at radius 3 is 2.95 bits per heavy atom. The molecule has 1 N–H and O–H groups in total. The molecule has 0 bridgehead atoms. The van der Waals surface area contributed by atoms with E-state index < -0.39 is 0 Å². The van der Waals surface area contributed by atoms with Crippen molar-refractivity contribution in [2.75, 3.05) is 0 Å². The van der Waals surface area contributed by atoms with Gasteiger partial charge in [-0.2, -0.15) is 0 Å². The Balaban J connectivity index is 1.92. The van der Waals surface area contributed by atoms with Crippen LogP contribution in [0.2, 0.25) is 0 Å². The normalized spacial score (nSPS) is 14.2. The van der Waals surface area contributed by atoms with Crippen LogP contribution in [0, 0.1) is 0 Å². The number of nitrogens with zero attached hydrogens (tertiary/aromatic N) is 1. The molecule has 104 valence electrons. The number of rotatable bonds is 5. The summed E-state index contributed by atoms with van der Waals surface area (Å²) in [5.41, 5.74) is 1.53. The highest BCUT2D eigenvalue weighted by atomic mass is 16.5. The predicted octanol–water partition coefficient (Wildman–Crippen LogP) is 2.93. The summed E-state index contributed by atoms with van der Waals surface area (Å²) >= 11 is 0. The summed E-state index contributed by atoms with van der Waals surface area (Å²) in [6, 6.07) is 9.33. The van der Waals surface area contributed by atoms with Crippen LogP contribution in [0.5, 0.6) is 5.75 Å². The zero-order valence-corrected chi connectivity index (χ0v) is 11.6. The first-order chi connectivity index (χ1) is 9.74. The summed E-state index contributed by atoms with van der Waals surface area (Å²) in [5, 5.41) is 0. The lowest BCUT2D eigenvalue weighted by atomic mass is 10.1. The highest BCUT2D eigenvalue weighted by Crippen LogP contribution is 2.29. The number of H-pyrrole nitrogens is 1. The first kappa shape index (κ1) is 12.9. The van der Waals surface area contributed by atoms with Gasteiger partial charge in [0.2, 0.25) is 0 Å². The van der Waals surface area contributed by atoms with Crippen molar-refractivity contribution >= 4 is 0 Å². The van der Waals surface area contributed by atoms with E-state index in [2.05, 4.69) is 16.9 Å². The Morgan fingerprint density at radius 1 is 1.35 bits per heavy atom. The average Bonchev–Trinajstić information content (AvgIpc) is 3.23. The molecule has 0 spiro atoms. The van der Waals surface area contributed by atoms with Gasteiger partial charge >= 0.3 is 0 Å². The third-order valence-electron chi connectivity index (χ3n) is 3.23. The van der Waals surface area contributed by atoms with E-state index in [1.54, 1.807) is 0 Å². The molecule has 20 heavy (non-hydrogen) atoms. The smallest absolute Gasteiger partial charge is 0.251 e. The minimum Gasteiger partial charge on any atom is -0.490 e. The first-order valence-electron chi connectivity index (χ1n) is 7.12. The molecule has 1 aliphatic rings. The molecule has 1 aliphatic carbocycles. The zero-order chi connectivity index (χ0) is 13.9. The highest BCUT2D eigenvalue weighted by Gasteiger charge is 2.23. The number of aromatic nitrogens is 2. The van der Waals surface area contributed by atoms with Gasteiger partial charge in [-0.1, -0.05) is 19.1 Å². The Morgan fingerprint density at radius 2 is 2.20 bits per heavy atom.